The summed E-state index contributed by atoms with van der Waals surface area (Å²) in [5.41, 5.74) is -2.21. The SMILES string of the molecule is CO[C@@](C)(C(=O)O)[C@@H](O)[C@@H](O)[C@H](O)C(=O)O.O=P(O)(O)OP(=O)(O)O.O=P(O)(O)OP(=O)(O)O.[H-].[H-].[H-].[H-].[Na+].[Na+].[Na+].[Na+]. The number of phosphoric acid groups is 4. The van der Waals surface area contributed by atoms with Crippen LogP contribution in [0.3, 0.4) is 0 Å². The van der Waals surface area contributed by atoms with Gasteiger partial charge in [-0.05, 0) is 6.92 Å². The van der Waals surface area contributed by atoms with Crippen molar-refractivity contribution in [1.82, 2.24) is 0 Å². The fourth-order valence-electron chi connectivity index (χ4n) is 1.26. The second-order valence-electron chi connectivity index (χ2n) is 5.46. The van der Waals surface area contributed by atoms with Gasteiger partial charge in [0.2, 0.25) is 0 Å². The van der Waals surface area contributed by atoms with Gasteiger partial charge >= 0.3 is 161 Å². The van der Waals surface area contributed by atoms with Crippen molar-refractivity contribution in [2.75, 3.05) is 7.11 Å². The Kier molecular flexibility index (Phi) is 35.5. The molecule has 30 heteroatoms. The van der Waals surface area contributed by atoms with Crippen LogP contribution in [0.2, 0.25) is 0 Å². The predicted molar refractivity (Wildman–Crippen MR) is 104 cm³/mol. The molecule has 13 N–H and O–H groups in total. The third-order valence-corrected chi connectivity index (χ3v) is 6.14. The molecule has 0 fully saturated rings. The first-order valence-electron chi connectivity index (χ1n) is 7.30. The summed E-state index contributed by atoms with van der Waals surface area (Å²) in [6, 6.07) is 0. The van der Waals surface area contributed by atoms with Crippen molar-refractivity contribution >= 4 is 43.2 Å². The van der Waals surface area contributed by atoms with Crippen LogP contribution in [0.4, 0.5) is 0 Å². The van der Waals surface area contributed by atoms with Gasteiger partial charge in [-0.2, -0.15) is 8.62 Å². The van der Waals surface area contributed by atoms with Crippen molar-refractivity contribution < 1.29 is 230 Å². The summed E-state index contributed by atoms with van der Waals surface area (Å²) in [6.07, 6.45) is -6.58. The van der Waals surface area contributed by atoms with Crippen molar-refractivity contribution in [3.05, 3.63) is 0 Å². The number of methoxy groups -OCH3 is 1. The number of carboxylic acid groups (broad SMARTS) is 2. The van der Waals surface area contributed by atoms with Gasteiger partial charge in [-0.25, -0.2) is 27.8 Å². The maximum absolute atomic E-state index is 10.8. The standard InChI is InChI=1S/C8H14O8.4Na.2H4O7P2.4H/c1-8(16-2,7(14)15)5(11)3(9)4(10)6(12)13;;;;;2*1-8(2,3)7-9(4,5)6;;;;/h3-5,9-11H,1-2H3,(H,12,13)(H,14,15);;;;;2*(H2,1,2,3)(H2,4,5,6);;;;/q;4*+1;;;4*-1/t3-,4-,5-,8+;;;;;;;;;;/m0........../s1. The summed E-state index contributed by atoms with van der Waals surface area (Å²) in [6.45, 7) is 0.942. The van der Waals surface area contributed by atoms with Crippen LogP contribution in [-0.2, 0) is 41.2 Å². The van der Waals surface area contributed by atoms with Gasteiger partial charge in [-0.15, -0.1) is 0 Å². The van der Waals surface area contributed by atoms with Crippen molar-refractivity contribution in [2.24, 2.45) is 0 Å². The largest absolute Gasteiger partial charge is 1.00 e. The van der Waals surface area contributed by atoms with Gasteiger partial charge in [0.05, 0.1) is 0 Å². The predicted octanol–water partition coefficient (Wildman–Crippen LogP) is -15.5. The normalized spacial score (nSPS) is 15.2. The first-order chi connectivity index (χ1) is 14.6. The molecule has 0 aliphatic rings. The smallest absolute Gasteiger partial charge is 1.00 e. The molecule has 0 bridgehead atoms. The molecule has 0 spiro atoms. The number of hydrogen-bond donors (Lipinski definition) is 13. The summed E-state index contributed by atoms with van der Waals surface area (Å²) in [7, 11) is -19.2. The Bertz CT molecular complexity index is 800. The van der Waals surface area contributed by atoms with Crippen LogP contribution in [0, 0.1) is 0 Å². The van der Waals surface area contributed by atoms with Gasteiger partial charge in [0.25, 0.3) is 0 Å². The quantitative estimate of drug-likeness (QED) is 0.0747. The van der Waals surface area contributed by atoms with E-state index in [0.29, 0.717) is 0 Å². The Morgan fingerprint density at radius 2 is 0.921 bits per heavy atom. The molecule has 0 aromatic rings. The number of hydrogen-bond acceptors (Lipinski definition) is 12. The van der Waals surface area contributed by atoms with Gasteiger partial charge in [0.1, 0.15) is 12.2 Å². The third kappa shape index (κ3) is 32.2. The summed E-state index contributed by atoms with van der Waals surface area (Å²) >= 11 is 0. The molecule has 0 rings (SSSR count). The zero-order chi connectivity index (χ0) is 28.5. The van der Waals surface area contributed by atoms with Gasteiger partial charge in [0, 0.05) is 7.11 Å². The van der Waals surface area contributed by atoms with Crippen LogP contribution in [0.1, 0.15) is 12.6 Å². The number of ether oxygens (including phenoxy) is 1. The summed E-state index contributed by atoms with van der Waals surface area (Å²) < 4.78 is 48.9. The van der Waals surface area contributed by atoms with Crippen LogP contribution in [-0.4, -0.2) is 108 Å². The molecule has 214 valence electrons. The second kappa shape index (κ2) is 23.7. The zero-order valence-electron chi connectivity index (χ0n) is 24.5. The number of rotatable bonds is 10. The van der Waals surface area contributed by atoms with Crippen LogP contribution in [0.15, 0.2) is 0 Å². The number of aliphatic hydroxyl groups is 3. The Labute approximate surface area is 307 Å². The maximum atomic E-state index is 10.8. The van der Waals surface area contributed by atoms with Crippen molar-refractivity contribution in [2.45, 2.75) is 30.8 Å². The molecule has 0 heterocycles. The van der Waals surface area contributed by atoms with Crippen LogP contribution in [0.5, 0.6) is 0 Å². The Balaban J connectivity index is -0.0000000366. The van der Waals surface area contributed by atoms with Gasteiger partial charge in [-0.1, -0.05) is 0 Å². The van der Waals surface area contributed by atoms with E-state index in [1.54, 1.807) is 0 Å². The Morgan fingerprint density at radius 1 is 0.684 bits per heavy atom. The molecule has 0 amide bonds. The molecular weight excluding hydrogens is 664 g/mol. The first-order valence-corrected chi connectivity index (χ1v) is 13.4. The molecule has 0 aliphatic carbocycles. The van der Waals surface area contributed by atoms with E-state index in [-0.39, 0.29) is 124 Å². The fourth-order valence-corrected chi connectivity index (χ4v) is 3.47. The van der Waals surface area contributed by atoms with E-state index < -0.39 is 67.1 Å². The number of carboxylic acids is 2. The number of carbonyl (C=O) groups is 2. The molecule has 0 aliphatic heterocycles. The van der Waals surface area contributed by atoms with Crippen molar-refractivity contribution in [3.63, 3.8) is 0 Å². The minimum absolute atomic E-state index is 0. The Morgan fingerprint density at radius 3 is 1.03 bits per heavy atom. The van der Waals surface area contributed by atoms with E-state index in [1.165, 1.54) is 0 Å². The zero-order valence-corrected chi connectivity index (χ0v) is 32.1. The molecule has 38 heavy (non-hydrogen) atoms. The molecule has 0 saturated carbocycles. The average Bonchev–Trinajstić information content (AvgIpc) is 2.53. The molecule has 22 nitrogen and oxygen atoms in total. The van der Waals surface area contributed by atoms with E-state index in [2.05, 4.69) is 13.4 Å². The van der Waals surface area contributed by atoms with Gasteiger partial charge in [-0.3, -0.25) is 0 Å². The molecule has 0 aromatic carbocycles. The van der Waals surface area contributed by atoms with Crippen LogP contribution in [0.25, 0.3) is 0 Å². The summed E-state index contributed by atoms with van der Waals surface area (Å²) in [4.78, 5) is 83.1. The second-order valence-corrected chi connectivity index (χ2v) is 10.7. The van der Waals surface area contributed by atoms with Gasteiger partial charge < -0.3 is 75.1 Å². The van der Waals surface area contributed by atoms with Crippen LogP contribution >= 0.6 is 31.3 Å². The number of aliphatic hydroxyl groups excluding tert-OH is 3. The molecular formula is C8H26Na4O22P4. The first kappa shape index (κ1) is 57.0. The molecule has 4 atom stereocenters. The topological polar surface area (TPSA) is 393 Å². The summed E-state index contributed by atoms with van der Waals surface area (Å²) in [5.74, 6) is -3.38. The maximum Gasteiger partial charge on any atom is 1.00 e. The molecule has 0 unspecified atom stereocenters. The average molecular weight is 690 g/mol. The summed E-state index contributed by atoms with van der Waals surface area (Å²) in [5, 5.41) is 44.8. The molecule has 0 radical (unpaired) electrons. The Hall–Kier alpha value is 3.30. The van der Waals surface area contributed by atoms with Crippen LogP contribution < -0.4 is 118 Å². The monoisotopic (exact) mass is 690 g/mol. The van der Waals surface area contributed by atoms with Crippen molar-refractivity contribution in [3.8, 4) is 0 Å². The molecule has 0 aromatic heterocycles. The minimum Gasteiger partial charge on any atom is -1.00 e. The van der Waals surface area contributed by atoms with Gasteiger partial charge in [0.15, 0.2) is 11.7 Å². The van der Waals surface area contributed by atoms with Crippen molar-refractivity contribution in [1.29, 1.82) is 0 Å². The minimum atomic E-state index is -5.05. The fraction of sp³-hybridized carbons (Fsp3) is 0.750. The van der Waals surface area contributed by atoms with E-state index in [9.17, 15) is 38.1 Å². The van der Waals surface area contributed by atoms with E-state index in [4.69, 9.17) is 54.5 Å². The third-order valence-electron chi connectivity index (χ3n) is 2.74. The van der Waals surface area contributed by atoms with E-state index in [1.807, 2.05) is 0 Å². The number of aliphatic carboxylic acids is 2. The molecule has 0 saturated heterocycles. The van der Waals surface area contributed by atoms with E-state index >= 15 is 0 Å². The van der Waals surface area contributed by atoms with E-state index in [0.717, 1.165) is 14.0 Å².